The third-order valence-electron chi connectivity index (χ3n) is 4.16. The Kier molecular flexibility index (Phi) is 6.97. The summed E-state index contributed by atoms with van der Waals surface area (Å²) < 4.78 is 5.70. The highest BCUT2D eigenvalue weighted by molar-refractivity contribution is 5.94. The van der Waals surface area contributed by atoms with E-state index in [-0.39, 0.29) is 11.8 Å². The first kappa shape index (κ1) is 18.2. The van der Waals surface area contributed by atoms with Gasteiger partial charge >= 0.3 is 0 Å². The average molecular weight is 326 g/mol. The second-order valence-electron chi connectivity index (χ2n) is 6.08. The molecule has 0 aliphatic heterocycles. The summed E-state index contributed by atoms with van der Waals surface area (Å²) in [5.41, 5.74) is 8.91. The first-order valence-corrected chi connectivity index (χ1v) is 8.37. The largest absolute Gasteiger partial charge is 0.372 e. The van der Waals surface area contributed by atoms with E-state index in [1.54, 1.807) is 0 Å². The number of hydrogen-bond donors (Lipinski definition) is 2. The highest BCUT2D eigenvalue weighted by atomic mass is 16.5. The Morgan fingerprint density at radius 1 is 1.04 bits per heavy atom. The van der Waals surface area contributed by atoms with Crippen molar-refractivity contribution in [2.45, 2.75) is 39.5 Å². The summed E-state index contributed by atoms with van der Waals surface area (Å²) in [6, 6.07) is 17.3. The molecule has 4 nitrogen and oxygen atoms in total. The molecule has 0 saturated heterocycles. The molecular weight excluding hydrogens is 300 g/mol. The van der Waals surface area contributed by atoms with Crippen molar-refractivity contribution in [1.82, 2.24) is 0 Å². The molecule has 2 aromatic rings. The van der Waals surface area contributed by atoms with E-state index in [9.17, 15) is 4.79 Å². The highest BCUT2D eigenvalue weighted by Crippen LogP contribution is 2.13. The molecule has 2 aromatic carbocycles. The first-order valence-electron chi connectivity index (χ1n) is 8.37. The van der Waals surface area contributed by atoms with Gasteiger partial charge in [-0.25, -0.2) is 0 Å². The number of ether oxygens (including phenoxy) is 1. The Morgan fingerprint density at radius 3 is 2.21 bits per heavy atom. The topological polar surface area (TPSA) is 64.4 Å². The van der Waals surface area contributed by atoms with Crippen LogP contribution in [0.15, 0.2) is 54.6 Å². The lowest BCUT2D eigenvalue weighted by atomic mass is 9.99. The number of rotatable bonds is 8. The first-order chi connectivity index (χ1) is 11.6. The van der Waals surface area contributed by atoms with Gasteiger partial charge in [-0.2, -0.15) is 0 Å². The van der Waals surface area contributed by atoms with Crippen LogP contribution in [0.1, 0.15) is 31.4 Å². The molecule has 0 saturated carbocycles. The fourth-order valence-electron chi connectivity index (χ4n) is 2.28. The normalized spacial score (nSPS) is 13.3. The minimum Gasteiger partial charge on any atom is -0.372 e. The number of anilines is 1. The fourth-order valence-corrected chi connectivity index (χ4v) is 2.28. The van der Waals surface area contributed by atoms with Crippen LogP contribution in [0.4, 0.5) is 5.69 Å². The van der Waals surface area contributed by atoms with E-state index in [1.165, 1.54) is 0 Å². The van der Waals surface area contributed by atoms with Crippen molar-refractivity contribution in [1.29, 1.82) is 0 Å². The Labute approximate surface area is 144 Å². The molecule has 2 unspecified atom stereocenters. The Morgan fingerprint density at radius 2 is 1.62 bits per heavy atom. The van der Waals surface area contributed by atoms with E-state index in [0.29, 0.717) is 13.2 Å². The number of hydrogen-bond acceptors (Lipinski definition) is 3. The van der Waals surface area contributed by atoms with Crippen LogP contribution in [0.3, 0.4) is 0 Å². The molecular formula is C20H26N2O2. The van der Waals surface area contributed by atoms with Crippen LogP contribution < -0.4 is 11.1 Å². The van der Waals surface area contributed by atoms with Gasteiger partial charge < -0.3 is 15.8 Å². The van der Waals surface area contributed by atoms with E-state index in [0.717, 1.165) is 23.2 Å². The summed E-state index contributed by atoms with van der Waals surface area (Å²) >= 11 is 0. The molecule has 0 radical (unpaired) electrons. The molecule has 3 N–H and O–H groups in total. The summed E-state index contributed by atoms with van der Waals surface area (Å²) in [7, 11) is 0. The number of carbonyl (C=O) groups is 1. The van der Waals surface area contributed by atoms with Crippen molar-refractivity contribution in [3.8, 4) is 0 Å². The van der Waals surface area contributed by atoms with Crippen molar-refractivity contribution < 1.29 is 9.53 Å². The smallest absolute Gasteiger partial charge is 0.241 e. The summed E-state index contributed by atoms with van der Waals surface area (Å²) in [5.74, 6) is 0.0214. The van der Waals surface area contributed by atoms with Crippen molar-refractivity contribution in [3.63, 3.8) is 0 Å². The summed E-state index contributed by atoms with van der Waals surface area (Å²) in [4.78, 5) is 12.1. The maximum Gasteiger partial charge on any atom is 0.241 e. The molecule has 128 valence electrons. The molecule has 0 fully saturated rings. The molecule has 0 aliphatic carbocycles. The quantitative estimate of drug-likeness (QED) is 0.777. The zero-order chi connectivity index (χ0) is 17.4. The predicted molar refractivity (Wildman–Crippen MR) is 97.4 cm³/mol. The van der Waals surface area contributed by atoms with Crippen molar-refractivity contribution in [2.24, 2.45) is 11.7 Å². The molecule has 0 heterocycles. The van der Waals surface area contributed by atoms with Crippen molar-refractivity contribution in [3.05, 3.63) is 65.7 Å². The van der Waals surface area contributed by atoms with Crippen LogP contribution in [0.2, 0.25) is 0 Å². The minimum atomic E-state index is -0.483. The molecule has 24 heavy (non-hydrogen) atoms. The van der Waals surface area contributed by atoms with Gasteiger partial charge in [0.1, 0.15) is 0 Å². The van der Waals surface area contributed by atoms with Gasteiger partial charge in [0.2, 0.25) is 5.91 Å². The molecule has 0 aliphatic rings. The van der Waals surface area contributed by atoms with Gasteiger partial charge in [-0.05, 0) is 29.2 Å². The van der Waals surface area contributed by atoms with E-state index >= 15 is 0 Å². The van der Waals surface area contributed by atoms with E-state index in [1.807, 2.05) is 68.4 Å². The van der Waals surface area contributed by atoms with Gasteiger partial charge in [0, 0.05) is 5.69 Å². The van der Waals surface area contributed by atoms with Gasteiger partial charge in [0.25, 0.3) is 0 Å². The standard InChI is InChI=1S/C20H26N2O2/c1-3-15(2)19(21)20(23)22-18-11-9-17(10-12-18)14-24-13-16-7-5-4-6-8-16/h4-12,15,19H,3,13-14,21H2,1-2H3,(H,22,23). The molecule has 0 bridgehead atoms. The predicted octanol–water partition coefficient (Wildman–Crippen LogP) is 3.72. The van der Waals surface area contributed by atoms with Crippen LogP contribution in [0.5, 0.6) is 0 Å². The number of benzene rings is 2. The second-order valence-corrected chi connectivity index (χ2v) is 6.08. The SMILES string of the molecule is CCC(C)C(N)C(=O)Nc1ccc(COCc2ccccc2)cc1. The molecule has 4 heteroatoms. The van der Waals surface area contributed by atoms with Gasteiger partial charge in [-0.3, -0.25) is 4.79 Å². The zero-order valence-corrected chi connectivity index (χ0v) is 14.4. The monoisotopic (exact) mass is 326 g/mol. The van der Waals surface area contributed by atoms with Gasteiger partial charge in [0.15, 0.2) is 0 Å². The maximum atomic E-state index is 12.1. The van der Waals surface area contributed by atoms with Gasteiger partial charge in [-0.1, -0.05) is 62.7 Å². The van der Waals surface area contributed by atoms with Crippen LogP contribution in [0, 0.1) is 5.92 Å². The minimum absolute atomic E-state index is 0.141. The second kappa shape index (κ2) is 9.21. The fraction of sp³-hybridized carbons (Fsp3) is 0.350. The van der Waals surface area contributed by atoms with Gasteiger partial charge in [0.05, 0.1) is 19.3 Å². The molecule has 0 aromatic heterocycles. The Balaban J connectivity index is 1.81. The van der Waals surface area contributed by atoms with Crippen LogP contribution in [-0.2, 0) is 22.7 Å². The lowest BCUT2D eigenvalue weighted by molar-refractivity contribution is -0.118. The molecule has 2 atom stereocenters. The van der Waals surface area contributed by atoms with E-state index in [2.05, 4.69) is 5.32 Å². The van der Waals surface area contributed by atoms with E-state index < -0.39 is 6.04 Å². The summed E-state index contributed by atoms with van der Waals surface area (Å²) in [6.45, 7) is 5.14. The average Bonchev–Trinajstić information content (AvgIpc) is 2.62. The Hall–Kier alpha value is -2.17. The molecule has 1 amide bonds. The zero-order valence-electron chi connectivity index (χ0n) is 14.4. The number of nitrogens with two attached hydrogens (primary N) is 1. The third-order valence-corrected chi connectivity index (χ3v) is 4.16. The Bertz CT molecular complexity index is 626. The third kappa shape index (κ3) is 5.48. The van der Waals surface area contributed by atoms with Crippen LogP contribution in [0.25, 0.3) is 0 Å². The number of carbonyl (C=O) groups excluding carboxylic acids is 1. The lowest BCUT2D eigenvalue weighted by Crippen LogP contribution is -2.40. The highest BCUT2D eigenvalue weighted by Gasteiger charge is 2.19. The number of nitrogens with one attached hydrogen (secondary N) is 1. The van der Waals surface area contributed by atoms with Crippen LogP contribution in [-0.4, -0.2) is 11.9 Å². The maximum absolute atomic E-state index is 12.1. The molecule has 2 rings (SSSR count). The molecule has 0 spiro atoms. The summed E-state index contributed by atoms with van der Waals surface area (Å²) in [5, 5.41) is 2.86. The van der Waals surface area contributed by atoms with Crippen LogP contribution >= 0.6 is 0 Å². The van der Waals surface area contributed by atoms with Gasteiger partial charge in [-0.15, -0.1) is 0 Å². The van der Waals surface area contributed by atoms with Crippen molar-refractivity contribution >= 4 is 11.6 Å². The number of amides is 1. The van der Waals surface area contributed by atoms with E-state index in [4.69, 9.17) is 10.5 Å². The lowest BCUT2D eigenvalue weighted by Gasteiger charge is -2.17. The van der Waals surface area contributed by atoms with Crippen molar-refractivity contribution in [2.75, 3.05) is 5.32 Å². The summed E-state index contributed by atoms with van der Waals surface area (Å²) in [6.07, 6.45) is 0.881.